The number of nitrogens with zero attached hydrogens (tertiary/aromatic N) is 2. The molecule has 0 N–H and O–H groups in total. The van der Waals surface area contributed by atoms with Crippen molar-refractivity contribution in [3.8, 4) is 5.75 Å². The number of amides is 1. The molecule has 154 valence electrons. The van der Waals surface area contributed by atoms with Crippen molar-refractivity contribution in [3.05, 3.63) is 65.5 Å². The van der Waals surface area contributed by atoms with Crippen LogP contribution in [0.25, 0.3) is 0 Å². The molecule has 1 amide bonds. The molecule has 29 heavy (non-hydrogen) atoms. The number of hydrogen-bond acceptors (Lipinski definition) is 4. The molecule has 1 aliphatic heterocycles. The van der Waals surface area contributed by atoms with Gasteiger partial charge in [0.15, 0.2) is 6.10 Å². The number of carbonyl (C=O) groups excluding carboxylic acids is 1. The first kappa shape index (κ1) is 20.8. The van der Waals surface area contributed by atoms with Gasteiger partial charge in [-0.05, 0) is 29.7 Å². The predicted molar refractivity (Wildman–Crippen MR) is 110 cm³/mol. The van der Waals surface area contributed by atoms with E-state index in [1.807, 2.05) is 38.1 Å². The van der Waals surface area contributed by atoms with Crippen molar-refractivity contribution < 1.29 is 18.8 Å². The monoisotopic (exact) mass is 398 g/mol. The molecule has 0 fully saturated rings. The fourth-order valence-corrected chi connectivity index (χ4v) is 3.35. The number of carbonyl (C=O) groups is 1. The zero-order valence-electron chi connectivity index (χ0n) is 17.1. The van der Waals surface area contributed by atoms with Gasteiger partial charge < -0.3 is 14.5 Å². The largest absolute Gasteiger partial charge is 0.497 e. The first-order valence-corrected chi connectivity index (χ1v) is 9.84. The summed E-state index contributed by atoms with van der Waals surface area (Å²) < 4.78 is 19.3. The van der Waals surface area contributed by atoms with E-state index in [1.54, 1.807) is 30.2 Å². The molecule has 3 rings (SSSR count). The average Bonchev–Trinajstić information content (AvgIpc) is 3.16. The second kappa shape index (κ2) is 9.54. The number of ether oxygens (including phenoxy) is 1. The molecule has 0 radical (unpaired) electrons. The third-order valence-corrected chi connectivity index (χ3v) is 4.78. The van der Waals surface area contributed by atoms with Crippen LogP contribution in [0.1, 0.15) is 37.8 Å². The van der Waals surface area contributed by atoms with Gasteiger partial charge >= 0.3 is 0 Å². The Morgan fingerprint density at radius 3 is 2.79 bits per heavy atom. The fraction of sp³-hybridized carbons (Fsp3) is 0.391. The van der Waals surface area contributed by atoms with E-state index in [0.29, 0.717) is 37.2 Å². The van der Waals surface area contributed by atoms with Gasteiger partial charge in [0.1, 0.15) is 11.6 Å². The highest BCUT2D eigenvalue weighted by Gasteiger charge is 2.28. The Morgan fingerprint density at radius 2 is 2.07 bits per heavy atom. The van der Waals surface area contributed by atoms with Crippen molar-refractivity contribution >= 4 is 11.6 Å². The van der Waals surface area contributed by atoms with Crippen molar-refractivity contribution in [2.45, 2.75) is 39.3 Å². The highest BCUT2D eigenvalue weighted by molar-refractivity contribution is 6.01. The Hall–Kier alpha value is -2.89. The van der Waals surface area contributed by atoms with E-state index < -0.39 is 0 Å². The average molecular weight is 398 g/mol. The smallest absolute Gasteiger partial charge is 0.223 e. The molecular weight excluding hydrogens is 371 g/mol. The molecule has 0 unspecified atom stereocenters. The topological polar surface area (TPSA) is 51.1 Å². The number of rotatable bonds is 8. The Labute approximate surface area is 171 Å². The second-order valence-corrected chi connectivity index (χ2v) is 7.67. The van der Waals surface area contributed by atoms with E-state index in [2.05, 4.69) is 5.16 Å². The maximum absolute atomic E-state index is 14.0. The highest BCUT2D eigenvalue weighted by Crippen LogP contribution is 2.22. The van der Waals surface area contributed by atoms with Crippen molar-refractivity contribution in [1.82, 2.24) is 4.90 Å². The van der Waals surface area contributed by atoms with Crippen LogP contribution >= 0.6 is 0 Å². The lowest BCUT2D eigenvalue weighted by molar-refractivity contribution is -0.134. The lowest BCUT2D eigenvalue weighted by Crippen LogP contribution is -2.37. The molecule has 0 aromatic heterocycles. The Balaban J connectivity index is 1.70. The van der Waals surface area contributed by atoms with Crippen molar-refractivity contribution in [3.63, 3.8) is 0 Å². The van der Waals surface area contributed by atoms with E-state index in [0.717, 1.165) is 11.3 Å². The predicted octanol–water partition coefficient (Wildman–Crippen LogP) is 4.40. The summed E-state index contributed by atoms with van der Waals surface area (Å²) >= 11 is 0. The van der Waals surface area contributed by atoms with Crippen LogP contribution in [0.3, 0.4) is 0 Å². The van der Waals surface area contributed by atoms with Gasteiger partial charge in [0.05, 0.1) is 19.4 Å². The third-order valence-electron chi connectivity index (χ3n) is 4.78. The SMILES string of the molecule is COc1cccc(CN(C[C@@H]2CC(c3ccccc3F)=NO2)C(=O)CC(C)C)c1. The van der Waals surface area contributed by atoms with Gasteiger partial charge in [-0.3, -0.25) is 4.79 Å². The fourth-order valence-electron chi connectivity index (χ4n) is 3.35. The summed E-state index contributed by atoms with van der Waals surface area (Å²) in [5.41, 5.74) is 2.00. The van der Waals surface area contributed by atoms with E-state index in [1.165, 1.54) is 6.07 Å². The minimum atomic E-state index is -0.320. The molecule has 1 aliphatic rings. The third kappa shape index (κ3) is 5.56. The summed E-state index contributed by atoms with van der Waals surface area (Å²) in [7, 11) is 1.62. The molecule has 0 saturated carbocycles. The molecule has 2 aromatic carbocycles. The van der Waals surface area contributed by atoms with Crippen molar-refractivity contribution in [1.29, 1.82) is 0 Å². The Morgan fingerprint density at radius 1 is 1.28 bits per heavy atom. The van der Waals surface area contributed by atoms with E-state index in [4.69, 9.17) is 9.57 Å². The summed E-state index contributed by atoms with van der Waals surface area (Å²) in [6.07, 6.45) is 0.619. The van der Waals surface area contributed by atoms with Crippen LogP contribution in [0.2, 0.25) is 0 Å². The minimum absolute atomic E-state index is 0.0609. The van der Waals surface area contributed by atoms with Crippen LogP contribution in [0.4, 0.5) is 4.39 Å². The van der Waals surface area contributed by atoms with Gasteiger partial charge in [-0.1, -0.05) is 49.3 Å². The zero-order valence-corrected chi connectivity index (χ0v) is 17.1. The van der Waals surface area contributed by atoms with Crippen LogP contribution < -0.4 is 4.74 Å². The van der Waals surface area contributed by atoms with Gasteiger partial charge in [0.2, 0.25) is 5.91 Å². The molecular formula is C23H27FN2O3. The Kier molecular flexibility index (Phi) is 6.86. The number of benzene rings is 2. The first-order chi connectivity index (χ1) is 14.0. The van der Waals surface area contributed by atoms with Crippen molar-refractivity contribution in [2.24, 2.45) is 11.1 Å². The van der Waals surface area contributed by atoms with Gasteiger partial charge in [0, 0.05) is 24.9 Å². The molecule has 0 saturated heterocycles. The maximum Gasteiger partial charge on any atom is 0.223 e. The van der Waals surface area contributed by atoms with Crippen molar-refractivity contribution in [2.75, 3.05) is 13.7 Å². The van der Waals surface area contributed by atoms with Crippen LogP contribution in [0.5, 0.6) is 5.75 Å². The number of methoxy groups -OCH3 is 1. The molecule has 5 nitrogen and oxygen atoms in total. The molecule has 0 aliphatic carbocycles. The van der Waals surface area contributed by atoms with Gasteiger partial charge in [-0.25, -0.2) is 4.39 Å². The second-order valence-electron chi connectivity index (χ2n) is 7.67. The minimum Gasteiger partial charge on any atom is -0.497 e. The highest BCUT2D eigenvalue weighted by atomic mass is 19.1. The normalized spacial score (nSPS) is 15.8. The van der Waals surface area contributed by atoms with Crippen LogP contribution in [0.15, 0.2) is 53.7 Å². The Bertz CT molecular complexity index is 882. The van der Waals surface area contributed by atoms with Gasteiger partial charge in [-0.15, -0.1) is 0 Å². The number of hydrogen-bond donors (Lipinski definition) is 0. The summed E-state index contributed by atoms with van der Waals surface area (Å²) in [6.45, 7) is 4.89. The summed E-state index contributed by atoms with van der Waals surface area (Å²) in [5, 5.41) is 4.07. The summed E-state index contributed by atoms with van der Waals surface area (Å²) in [4.78, 5) is 20.2. The van der Waals surface area contributed by atoms with Gasteiger partial charge in [-0.2, -0.15) is 0 Å². The molecule has 1 heterocycles. The quantitative estimate of drug-likeness (QED) is 0.662. The molecule has 0 spiro atoms. The first-order valence-electron chi connectivity index (χ1n) is 9.84. The number of halogens is 1. The standard InChI is InChI=1S/C23H27FN2O3/c1-16(2)11-23(27)26(14-17-7-6-8-18(12-17)28-3)15-19-13-22(25-29-19)20-9-4-5-10-21(20)24/h4-10,12,16,19H,11,13-15H2,1-3H3/t19-/m0/s1. The van der Waals surface area contributed by atoms with E-state index in [-0.39, 0.29) is 23.7 Å². The van der Waals surface area contributed by atoms with E-state index >= 15 is 0 Å². The molecule has 2 aromatic rings. The summed E-state index contributed by atoms with van der Waals surface area (Å²) in [6, 6.07) is 14.2. The van der Waals surface area contributed by atoms with Crippen LogP contribution in [-0.2, 0) is 16.2 Å². The zero-order chi connectivity index (χ0) is 20.8. The molecule has 6 heteroatoms. The molecule has 0 bridgehead atoms. The lowest BCUT2D eigenvalue weighted by atomic mass is 10.0. The summed E-state index contributed by atoms with van der Waals surface area (Å²) in [5.74, 6) is 0.747. The van der Waals surface area contributed by atoms with Crippen LogP contribution in [-0.4, -0.2) is 36.3 Å². The number of oxime groups is 1. The van der Waals surface area contributed by atoms with E-state index in [9.17, 15) is 9.18 Å². The van der Waals surface area contributed by atoms with Gasteiger partial charge in [0.25, 0.3) is 0 Å². The lowest BCUT2D eigenvalue weighted by Gasteiger charge is -2.26. The molecule has 1 atom stereocenters. The van der Waals surface area contributed by atoms with Crippen LogP contribution in [0, 0.1) is 11.7 Å². The maximum atomic E-state index is 14.0.